The fourth-order valence-electron chi connectivity index (χ4n) is 7.22. The third kappa shape index (κ3) is 11.9. The summed E-state index contributed by atoms with van der Waals surface area (Å²) in [6.07, 6.45) is 1.32. The number of benzene rings is 2. The summed E-state index contributed by atoms with van der Waals surface area (Å²) in [5, 5.41) is 23.7. The van der Waals surface area contributed by atoms with Crippen LogP contribution in [0.4, 0.5) is 9.59 Å². The molecule has 14 heteroatoms. The number of pyridine rings is 1. The van der Waals surface area contributed by atoms with E-state index in [2.05, 4.69) is 20.9 Å². The number of urea groups is 1. The van der Waals surface area contributed by atoms with Gasteiger partial charge in [-0.3, -0.25) is 14.6 Å². The molecule has 6 atom stereocenters. The van der Waals surface area contributed by atoms with E-state index in [1.165, 1.54) is 18.4 Å². The van der Waals surface area contributed by atoms with E-state index in [1.807, 2.05) is 119 Å². The number of nitrogens with zero attached hydrogens (tertiary/aromatic N) is 4. The van der Waals surface area contributed by atoms with Crippen LogP contribution in [0.25, 0.3) is 10.7 Å². The molecular weight excluding hydrogens is 755 g/mol. The molecule has 2 aromatic carbocycles. The van der Waals surface area contributed by atoms with Gasteiger partial charge in [-0.15, -0.1) is 11.3 Å². The first-order valence-corrected chi connectivity index (χ1v) is 20.8. The van der Waals surface area contributed by atoms with E-state index in [0.29, 0.717) is 38.9 Å². The van der Waals surface area contributed by atoms with Gasteiger partial charge in [0.05, 0.1) is 37.2 Å². The number of carbonyl (C=O) groups is 4. The van der Waals surface area contributed by atoms with E-state index < -0.39 is 47.7 Å². The summed E-state index contributed by atoms with van der Waals surface area (Å²) in [5.41, 5.74) is 2.71. The van der Waals surface area contributed by atoms with Crippen LogP contribution >= 0.6 is 11.3 Å². The number of amides is 5. The van der Waals surface area contributed by atoms with Crippen molar-refractivity contribution in [3.8, 4) is 10.7 Å². The largest absolute Gasteiger partial charge is 0.453 e. The summed E-state index contributed by atoms with van der Waals surface area (Å²) in [4.78, 5) is 67.1. The predicted molar refractivity (Wildman–Crippen MR) is 225 cm³/mol. The standard InChI is InChI=1S/C44H57N7O6S/c1-7-29(2)37(51-23-22-50(43(51)56)27-33-28-58-41(47-33)34-20-14-15-21-45-34)39(53)48-35(25-31-18-12-9-13-19-31)36(52)26-32(24-30-16-10-8-11-17-30)46-40(54)38(44(3,4)5)49-42(55)57-6/h8-21,28-29,32,35-38,52H,7,22-27H2,1-6H3,(H,46,54)(H,48,53)(H,49,55)/t29?,32-,35-,36-,37-,38+/m0/s1. The third-order valence-corrected chi connectivity index (χ3v) is 11.5. The fraction of sp³-hybridized carbons (Fsp3) is 0.455. The Kier molecular flexibility index (Phi) is 15.4. The summed E-state index contributed by atoms with van der Waals surface area (Å²) in [6.45, 7) is 10.6. The van der Waals surface area contributed by atoms with E-state index >= 15 is 0 Å². The SMILES string of the molecule is CCC(C)[C@@H](C(=O)N[C@@H](Cc1ccccc1)[C@@H](O)C[C@H](Cc1ccccc1)NC(=O)[C@@H](NC(=O)OC)C(C)(C)C)N1CCN(Cc2csc(-c3ccccn3)n2)C1=O. The first-order chi connectivity index (χ1) is 27.8. The van der Waals surface area contributed by atoms with Crippen molar-refractivity contribution in [3.05, 3.63) is 107 Å². The number of nitrogens with one attached hydrogen (secondary N) is 3. The van der Waals surface area contributed by atoms with Crippen molar-refractivity contribution in [3.63, 3.8) is 0 Å². The average molecular weight is 812 g/mol. The minimum atomic E-state index is -1.11. The Morgan fingerprint density at radius 2 is 1.55 bits per heavy atom. The number of thiazole rings is 1. The number of aromatic nitrogens is 2. The molecule has 0 spiro atoms. The second-order valence-electron chi connectivity index (χ2n) is 16.0. The van der Waals surface area contributed by atoms with Gasteiger partial charge in [0, 0.05) is 30.7 Å². The summed E-state index contributed by atoms with van der Waals surface area (Å²) in [5.74, 6) is -0.959. The molecule has 5 amide bonds. The maximum absolute atomic E-state index is 14.5. The molecular formula is C44H57N7O6S. The van der Waals surface area contributed by atoms with Gasteiger partial charge in [-0.1, -0.05) is 108 Å². The molecule has 4 N–H and O–H groups in total. The second kappa shape index (κ2) is 20.4. The van der Waals surface area contributed by atoms with Gasteiger partial charge in [0.2, 0.25) is 11.8 Å². The van der Waals surface area contributed by atoms with E-state index in [1.54, 1.807) is 16.0 Å². The second-order valence-corrected chi connectivity index (χ2v) is 16.9. The van der Waals surface area contributed by atoms with Gasteiger partial charge < -0.3 is 35.6 Å². The number of methoxy groups -OCH3 is 1. The lowest BCUT2D eigenvalue weighted by molar-refractivity contribution is -0.129. The molecule has 310 valence electrons. The molecule has 1 saturated heterocycles. The van der Waals surface area contributed by atoms with Gasteiger partial charge in [-0.05, 0) is 53.9 Å². The smallest absolute Gasteiger partial charge is 0.407 e. The summed E-state index contributed by atoms with van der Waals surface area (Å²) in [7, 11) is 1.24. The minimum absolute atomic E-state index is 0.0893. The first kappa shape index (κ1) is 43.8. The van der Waals surface area contributed by atoms with Crippen molar-refractivity contribution in [1.82, 2.24) is 35.7 Å². The molecule has 0 radical (unpaired) electrons. The van der Waals surface area contributed by atoms with Crippen LogP contribution in [0.15, 0.2) is 90.4 Å². The van der Waals surface area contributed by atoms with Crippen LogP contribution in [0.2, 0.25) is 0 Å². The van der Waals surface area contributed by atoms with Crippen LogP contribution < -0.4 is 16.0 Å². The summed E-state index contributed by atoms with van der Waals surface area (Å²) in [6, 6.07) is 21.6. The molecule has 13 nitrogen and oxygen atoms in total. The molecule has 5 rings (SSSR count). The lowest BCUT2D eigenvalue weighted by Crippen LogP contribution is -2.58. The Balaban J connectivity index is 1.36. The Morgan fingerprint density at radius 1 is 0.897 bits per heavy atom. The van der Waals surface area contributed by atoms with Gasteiger partial charge in [0.25, 0.3) is 0 Å². The molecule has 1 fully saturated rings. The van der Waals surface area contributed by atoms with E-state index in [0.717, 1.165) is 27.5 Å². The van der Waals surface area contributed by atoms with Gasteiger partial charge in [0.1, 0.15) is 17.1 Å². The number of hydrogen-bond donors (Lipinski definition) is 4. The summed E-state index contributed by atoms with van der Waals surface area (Å²) >= 11 is 1.47. The number of hydrogen-bond acceptors (Lipinski definition) is 9. The molecule has 0 bridgehead atoms. The van der Waals surface area contributed by atoms with Gasteiger partial charge in [-0.25, -0.2) is 14.6 Å². The molecule has 1 unspecified atom stereocenters. The van der Waals surface area contributed by atoms with Crippen molar-refractivity contribution in [2.45, 2.75) is 97.1 Å². The zero-order chi connectivity index (χ0) is 41.8. The van der Waals surface area contributed by atoms with Crippen LogP contribution in [-0.4, -0.2) is 99.3 Å². The molecule has 58 heavy (non-hydrogen) atoms. The first-order valence-electron chi connectivity index (χ1n) is 19.9. The molecule has 2 aromatic heterocycles. The Bertz CT molecular complexity index is 1940. The van der Waals surface area contributed by atoms with E-state index in [4.69, 9.17) is 9.72 Å². The highest BCUT2D eigenvalue weighted by Gasteiger charge is 2.41. The molecule has 1 aliphatic rings. The topological polar surface area (TPSA) is 166 Å². The summed E-state index contributed by atoms with van der Waals surface area (Å²) < 4.78 is 4.81. The number of aliphatic hydroxyl groups excluding tert-OH is 1. The monoisotopic (exact) mass is 811 g/mol. The number of aliphatic hydroxyl groups is 1. The lowest BCUT2D eigenvalue weighted by Gasteiger charge is -2.35. The fourth-order valence-corrected chi connectivity index (χ4v) is 8.01. The van der Waals surface area contributed by atoms with Crippen molar-refractivity contribution >= 4 is 35.3 Å². The quantitative estimate of drug-likeness (QED) is 0.0975. The average Bonchev–Trinajstić information content (AvgIpc) is 3.83. The van der Waals surface area contributed by atoms with E-state index in [-0.39, 0.29) is 24.3 Å². The maximum Gasteiger partial charge on any atom is 0.407 e. The van der Waals surface area contributed by atoms with Gasteiger partial charge in [0.15, 0.2) is 0 Å². The zero-order valence-corrected chi connectivity index (χ0v) is 35.1. The molecule has 4 aromatic rings. The zero-order valence-electron chi connectivity index (χ0n) is 34.3. The molecule has 3 heterocycles. The van der Waals surface area contributed by atoms with Crippen LogP contribution in [0, 0.1) is 11.3 Å². The Hall–Kier alpha value is -5.34. The Labute approximate surface area is 345 Å². The van der Waals surface area contributed by atoms with Crippen molar-refractivity contribution in [2.24, 2.45) is 11.3 Å². The minimum Gasteiger partial charge on any atom is -0.453 e. The highest BCUT2D eigenvalue weighted by Crippen LogP contribution is 2.26. The van der Waals surface area contributed by atoms with Crippen LogP contribution in [0.3, 0.4) is 0 Å². The van der Waals surface area contributed by atoms with Crippen LogP contribution in [0.1, 0.15) is 64.3 Å². The van der Waals surface area contributed by atoms with Gasteiger partial charge in [-0.2, -0.15) is 0 Å². The van der Waals surface area contributed by atoms with E-state index in [9.17, 15) is 24.3 Å². The molecule has 0 aliphatic carbocycles. The maximum atomic E-state index is 14.5. The third-order valence-electron chi connectivity index (χ3n) is 10.6. The predicted octanol–water partition coefficient (Wildman–Crippen LogP) is 5.83. The van der Waals surface area contributed by atoms with Crippen LogP contribution in [0.5, 0.6) is 0 Å². The van der Waals surface area contributed by atoms with Crippen molar-refractivity contribution in [1.29, 1.82) is 0 Å². The van der Waals surface area contributed by atoms with Crippen molar-refractivity contribution < 1.29 is 29.0 Å². The highest BCUT2D eigenvalue weighted by atomic mass is 32.1. The number of alkyl carbamates (subject to hydrolysis) is 1. The normalized spacial score (nSPS) is 16.2. The lowest BCUT2D eigenvalue weighted by atomic mass is 9.85. The van der Waals surface area contributed by atoms with Crippen molar-refractivity contribution in [2.75, 3.05) is 20.2 Å². The number of carbonyl (C=O) groups excluding carboxylic acids is 4. The highest BCUT2D eigenvalue weighted by molar-refractivity contribution is 7.13. The Morgan fingerprint density at radius 3 is 2.16 bits per heavy atom. The number of ether oxygens (including phenoxy) is 1. The van der Waals surface area contributed by atoms with Crippen LogP contribution in [-0.2, 0) is 33.7 Å². The number of rotatable bonds is 18. The van der Waals surface area contributed by atoms with Gasteiger partial charge >= 0.3 is 12.1 Å². The molecule has 0 saturated carbocycles. The molecule has 1 aliphatic heterocycles.